The minimum absolute atomic E-state index is 0.106. The molecule has 1 aliphatic rings. The van der Waals surface area contributed by atoms with Gasteiger partial charge in [0.25, 0.3) is 0 Å². The monoisotopic (exact) mass is 533 g/mol. The number of unbranched alkanes of at least 4 members (excludes halogenated alkanes) is 1. The standard InChI is InChI=1S/C29H39N7O3/c1-5-7-16-31-28-32-17-24-26(35-36(27(24)34-28)21-12-14-22(38)15-13-21)20-10-8-19(9-11-20)25(33-29(39)30-4)23(6-2)18(3)37/h6,8-11,17,21-22,25,38H,5,7,12-16H2,1-4H3,(H2,30,33,39)(H,31,32,34)/b23-6+. The summed E-state index contributed by atoms with van der Waals surface area (Å²) in [5.41, 5.74) is 3.73. The normalized spacial score (nSPS) is 18.5. The van der Waals surface area contributed by atoms with E-state index in [-0.39, 0.29) is 24.0 Å². The highest BCUT2D eigenvalue weighted by Crippen LogP contribution is 2.35. The zero-order valence-corrected chi connectivity index (χ0v) is 23.2. The number of amides is 2. The fraction of sp³-hybridized carbons (Fsp3) is 0.483. The average Bonchev–Trinajstić information content (AvgIpc) is 3.32. The lowest BCUT2D eigenvalue weighted by Gasteiger charge is -2.25. The van der Waals surface area contributed by atoms with Crippen LogP contribution in [0, 0.1) is 0 Å². The lowest BCUT2D eigenvalue weighted by Crippen LogP contribution is -2.37. The van der Waals surface area contributed by atoms with Gasteiger partial charge in [-0.1, -0.05) is 43.7 Å². The molecule has 0 aliphatic heterocycles. The Morgan fingerprint density at radius 3 is 2.51 bits per heavy atom. The molecule has 0 radical (unpaired) electrons. The van der Waals surface area contributed by atoms with E-state index in [1.807, 2.05) is 35.1 Å². The Kier molecular flexibility index (Phi) is 9.29. The number of carbonyl (C=O) groups excluding carboxylic acids is 2. The topological polar surface area (TPSA) is 134 Å². The number of aliphatic hydroxyl groups is 1. The minimum atomic E-state index is -0.579. The fourth-order valence-corrected chi connectivity index (χ4v) is 5.11. The maximum atomic E-state index is 12.3. The van der Waals surface area contributed by atoms with Gasteiger partial charge < -0.3 is 21.1 Å². The van der Waals surface area contributed by atoms with E-state index in [1.54, 1.807) is 20.0 Å². The summed E-state index contributed by atoms with van der Waals surface area (Å²) in [5, 5.41) is 24.7. The third kappa shape index (κ3) is 6.44. The van der Waals surface area contributed by atoms with Crippen LogP contribution in [-0.4, -0.2) is 56.4 Å². The number of anilines is 1. The SMILES string of the molecule is C/C=C(\C(C)=O)C(NC(=O)NC)c1ccc(-c2nn(C3CCC(O)CC3)c3nc(NCCCC)ncc23)cc1. The highest BCUT2D eigenvalue weighted by Gasteiger charge is 2.26. The van der Waals surface area contributed by atoms with Gasteiger partial charge in [0.2, 0.25) is 5.95 Å². The van der Waals surface area contributed by atoms with Crippen LogP contribution < -0.4 is 16.0 Å². The molecule has 2 amide bonds. The third-order valence-corrected chi connectivity index (χ3v) is 7.32. The number of hydrogen-bond acceptors (Lipinski definition) is 7. The van der Waals surface area contributed by atoms with Crippen molar-refractivity contribution in [3.05, 3.63) is 47.7 Å². The number of aliphatic hydroxyl groups excluding tert-OH is 1. The Labute approximate surface area is 229 Å². The Morgan fingerprint density at radius 1 is 1.18 bits per heavy atom. The molecule has 10 heteroatoms. The summed E-state index contributed by atoms with van der Waals surface area (Å²) in [6.07, 6.45) is 8.57. The van der Waals surface area contributed by atoms with Crippen LogP contribution in [0.1, 0.15) is 76.9 Å². The van der Waals surface area contributed by atoms with E-state index in [1.165, 1.54) is 6.92 Å². The molecule has 1 atom stereocenters. The molecule has 4 rings (SSSR count). The molecule has 10 nitrogen and oxygen atoms in total. The first-order valence-electron chi connectivity index (χ1n) is 13.8. The summed E-state index contributed by atoms with van der Waals surface area (Å²) in [5.74, 6) is 0.479. The average molecular weight is 534 g/mol. The van der Waals surface area contributed by atoms with Crippen LogP contribution in [0.25, 0.3) is 22.3 Å². The number of nitrogens with one attached hydrogen (secondary N) is 3. The first-order chi connectivity index (χ1) is 18.9. The van der Waals surface area contributed by atoms with Crippen LogP contribution in [0.15, 0.2) is 42.1 Å². The van der Waals surface area contributed by atoms with Gasteiger partial charge in [-0.15, -0.1) is 0 Å². The Morgan fingerprint density at radius 2 is 1.90 bits per heavy atom. The largest absolute Gasteiger partial charge is 0.393 e. The fourth-order valence-electron chi connectivity index (χ4n) is 5.11. The number of urea groups is 1. The first kappa shape index (κ1) is 28.2. The first-order valence-corrected chi connectivity index (χ1v) is 13.8. The van der Waals surface area contributed by atoms with Crippen molar-refractivity contribution in [2.75, 3.05) is 18.9 Å². The summed E-state index contributed by atoms with van der Waals surface area (Å²) in [6, 6.07) is 6.92. The predicted molar refractivity (Wildman–Crippen MR) is 152 cm³/mol. The van der Waals surface area contributed by atoms with Crippen LogP contribution in [0.3, 0.4) is 0 Å². The zero-order valence-electron chi connectivity index (χ0n) is 23.2. The van der Waals surface area contributed by atoms with E-state index in [4.69, 9.17) is 10.1 Å². The smallest absolute Gasteiger partial charge is 0.315 e. The molecule has 39 heavy (non-hydrogen) atoms. The van der Waals surface area contributed by atoms with Crippen molar-refractivity contribution in [2.45, 2.75) is 77.5 Å². The summed E-state index contributed by atoms with van der Waals surface area (Å²) in [6.45, 7) is 6.24. The van der Waals surface area contributed by atoms with Crippen LogP contribution in [0.4, 0.5) is 10.7 Å². The van der Waals surface area contributed by atoms with Crippen molar-refractivity contribution in [3.8, 4) is 11.3 Å². The molecule has 4 N–H and O–H groups in total. The van der Waals surface area contributed by atoms with E-state index >= 15 is 0 Å². The van der Waals surface area contributed by atoms with Crippen molar-refractivity contribution in [2.24, 2.45) is 0 Å². The highest BCUT2D eigenvalue weighted by molar-refractivity contribution is 5.95. The Hall–Kier alpha value is -3.79. The van der Waals surface area contributed by atoms with E-state index < -0.39 is 6.04 Å². The van der Waals surface area contributed by atoms with Gasteiger partial charge in [-0.2, -0.15) is 10.1 Å². The zero-order chi connectivity index (χ0) is 27.9. The van der Waals surface area contributed by atoms with Gasteiger partial charge >= 0.3 is 6.03 Å². The van der Waals surface area contributed by atoms with Gasteiger partial charge in [0.1, 0.15) is 5.69 Å². The molecule has 1 unspecified atom stereocenters. The molecule has 1 aromatic carbocycles. The van der Waals surface area contributed by atoms with Gasteiger partial charge in [-0.25, -0.2) is 14.5 Å². The quantitative estimate of drug-likeness (QED) is 0.219. The number of fused-ring (bicyclic) bond motifs is 1. The lowest BCUT2D eigenvalue weighted by atomic mass is 9.93. The molecule has 2 heterocycles. The van der Waals surface area contributed by atoms with Crippen LogP contribution in [0.2, 0.25) is 0 Å². The molecule has 0 spiro atoms. The van der Waals surface area contributed by atoms with Gasteiger partial charge in [0, 0.05) is 30.9 Å². The molecule has 1 fully saturated rings. The molecule has 208 valence electrons. The van der Waals surface area contributed by atoms with E-state index in [2.05, 4.69) is 27.9 Å². The van der Waals surface area contributed by atoms with Crippen molar-refractivity contribution in [1.82, 2.24) is 30.4 Å². The number of Topliss-reactive ketones (excluding diaryl/α,β-unsaturated/α-hetero) is 1. The maximum Gasteiger partial charge on any atom is 0.315 e. The van der Waals surface area contributed by atoms with E-state index in [0.717, 1.165) is 72.9 Å². The lowest BCUT2D eigenvalue weighted by molar-refractivity contribution is -0.113. The maximum absolute atomic E-state index is 12.3. The van der Waals surface area contributed by atoms with Gasteiger partial charge in [-0.3, -0.25) is 4.79 Å². The number of rotatable bonds is 10. The Balaban J connectivity index is 1.72. The third-order valence-electron chi connectivity index (χ3n) is 7.32. The summed E-state index contributed by atoms with van der Waals surface area (Å²) >= 11 is 0. The van der Waals surface area contributed by atoms with Crippen LogP contribution in [0.5, 0.6) is 0 Å². The number of aromatic nitrogens is 4. The molecule has 1 saturated carbocycles. The minimum Gasteiger partial charge on any atom is -0.393 e. The van der Waals surface area contributed by atoms with Crippen molar-refractivity contribution >= 4 is 28.8 Å². The van der Waals surface area contributed by atoms with Crippen LogP contribution >= 0.6 is 0 Å². The molecular weight excluding hydrogens is 494 g/mol. The molecule has 1 aliphatic carbocycles. The molecular formula is C29H39N7O3. The number of ketones is 1. The second kappa shape index (κ2) is 12.8. The van der Waals surface area contributed by atoms with Crippen LogP contribution in [-0.2, 0) is 4.79 Å². The van der Waals surface area contributed by atoms with Crippen molar-refractivity contribution < 1.29 is 14.7 Å². The van der Waals surface area contributed by atoms with E-state index in [0.29, 0.717) is 11.5 Å². The molecule has 0 saturated heterocycles. The number of benzene rings is 1. The number of allylic oxidation sites excluding steroid dienone is 1. The molecule has 0 bridgehead atoms. The number of hydrogen-bond donors (Lipinski definition) is 4. The predicted octanol–water partition coefficient (Wildman–Crippen LogP) is 4.69. The van der Waals surface area contributed by atoms with Gasteiger partial charge in [0.05, 0.1) is 23.6 Å². The second-order valence-corrected chi connectivity index (χ2v) is 10.0. The summed E-state index contributed by atoms with van der Waals surface area (Å²) in [4.78, 5) is 33.8. The molecule has 2 aromatic heterocycles. The highest BCUT2D eigenvalue weighted by atomic mass is 16.3. The number of carbonyl (C=O) groups is 2. The Bertz CT molecular complexity index is 1320. The van der Waals surface area contributed by atoms with Crippen molar-refractivity contribution in [1.29, 1.82) is 0 Å². The second-order valence-electron chi connectivity index (χ2n) is 10.0. The van der Waals surface area contributed by atoms with Gasteiger partial charge in [-0.05, 0) is 51.5 Å². The van der Waals surface area contributed by atoms with E-state index in [9.17, 15) is 14.7 Å². The number of nitrogens with zero attached hydrogens (tertiary/aromatic N) is 4. The molecule has 3 aromatic rings. The summed E-state index contributed by atoms with van der Waals surface area (Å²) < 4.78 is 2.00. The van der Waals surface area contributed by atoms with Gasteiger partial charge in [0.15, 0.2) is 11.4 Å². The summed E-state index contributed by atoms with van der Waals surface area (Å²) in [7, 11) is 1.54. The van der Waals surface area contributed by atoms with Crippen molar-refractivity contribution in [3.63, 3.8) is 0 Å².